The average molecular weight is 170 g/mol. The molecule has 0 unspecified atom stereocenters. The minimum absolute atomic E-state index is 0.315. The molecule has 2 aromatic rings. The monoisotopic (exact) mass is 170 g/mol. The van der Waals surface area contributed by atoms with Gasteiger partial charge in [0.1, 0.15) is 5.52 Å². The Morgan fingerprint density at radius 1 is 1.55 bits per heavy atom. The molecule has 0 aliphatic carbocycles. The number of aromatic amines is 2. The van der Waals surface area contributed by atoms with Gasteiger partial charge in [0, 0.05) is 0 Å². The van der Waals surface area contributed by atoms with Crippen LogP contribution in [-0.4, -0.2) is 19.9 Å². The maximum absolute atomic E-state index is 12.4. The smallest absolute Gasteiger partial charge is 0.289 e. The number of fused-ring (bicyclic) bond motifs is 1. The lowest BCUT2D eigenvalue weighted by molar-refractivity contribution is 0.556. The number of rotatable bonds is 0. The van der Waals surface area contributed by atoms with E-state index in [9.17, 15) is 4.39 Å². The Kier molecular flexibility index (Phi) is 1.22. The fourth-order valence-electron chi connectivity index (χ4n) is 0.820. The highest BCUT2D eigenvalue weighted by molar-refractivity contribution is 7.71. The van der Waals surface area contributed by atoms with Crippen molar-refractivity contribution < 1.29 is 4.39 Å². The summed E-state index contributed by atoms with van der Waals surface area (Å²) >= 11 is 4.80. The summed E-state index contributed by atoms with van der Waals surface area (Å²) in [6.07, 6.45) is 0.723. The van der Waals surface area contributed by atoms with Crippen molar-refractivity contribution in [2.75, 3.05) is 0 Å². The Morgan fingerprint density at radius 2 is 2.36 bits per heavy atom. The first-order valence-corrected chi connectivity index (χ1v) is 3.27. The standard InChI is InChI=1S/C5H3FN4S/c6-5-9-2-3(10-5)7-1-8-4(2)11/h1H,(H2,7,8,9,10,11). The number of hydrogen-bond acceptors (Lipinski definition) is 3. The van der Waals surface area contributed by atoms with Crippen molar-refractivity contribution in [1.82, 2.24) is 19.9 Å². The van der Waals surface area contributed by atoms with Crippen LogP contribution in [0.2, 0.25) is 0 Å². The van der Waals surface area contributed by atoms with Crippen LogP contribution in [-0.2, 0) is 0 Å². The molecule has 2 N–H and O–H groups in total. The number of H-pyrrole nitrogens is 2. The van der Waals surface area contributed by atoms with Crippen LogP contribution in [0.4, 0.5) is 4.39 Å². The minimum Gasteiger partial charge on any atom is -0.329 e. The van der Waals surface area contributed by atoms with Crippen LogP contribution >= 0.6 is 12.2 Å². The van der Waals surface area contributed by atoms with Crippen molar-refractivity contribution >= 4 is 23.4 Å². The van der Waals surface area contributed by atoms with Crippen molar-refractivity contribution in [2.24, 2.45) is 0 Å². The highest BCUT2D eigenvalue weighted by atomic mass is 32.1. The number of halogens is 1. The fourth-order valence-corrected chi connectivity index (χ4v) is 1.02. The van der Waals surface area contributed by atoms with Gasteiger partial charge in [0.2, 0.25) is 0 Å². The van der Waals surface area contributed by atoms with Gasteiger partial charge in [-0.1, -0.05) is 12.2 Å². The van der Waals surface area contributed by atoms with Crippen LogP contribution in [0.15, 0.2) is 6.33 Å². The molecule has 56 valence electrons. The molecule has 0 saturated heterocycles. The van der Waals surface area contributed by atoms with Gasteiger partial charge in [-0.25, -0.2) is 4.98 Å². The van der Waals surface area contributed by atoms with Gasteiger partial charge < -0.3 is 9.97 Å². The summed E-state index contributed by atoms with van der Waals surface area (Å²) in [6.45, 7) is 0. The molecule has 0 aliphatic heterocycles. The molecule has 6 heteroatoms. The lowest BCUT2D eigenvalue weighted by Crippen LogP contribution is -1.80. The van der Waals surface area contributed by atoms with E-state index in [-0.39, 0.29) is 0 Å². The Bertz CT molecular complexity index is 445. The van der Waals surface area contributed by atoms with E-state index in [1.54, 1.807) is 0 Å². The number of aromatic nitrogens is 4. The van der Waals surface area contributed by atoms with Gasteiger partial charge in [-0.15, -0.1) is 0 Å². The zero-order valence-electron chi connectivity index (χ0n) is 5.26. The molecule has 2 heterocycles. The van der Waals surface area contributed by atoms with Gasteiger partial charge in [-0.05, 0) is 0 Å². The summed E-state index contributed by atoms with van der Waals surface area (Å²) in [6, 6.07) is 0. The van der Waals surface area contributed by atoms with Crippen LogP contribution in [0.5, 0.6) is 0 Å². The SMILES string of the molecule is Fc1nc2[nH]cnc(=S)c2[nH]1. The minimum atomic E-state index is -0.657. The zero-order chi connectivity index (χ0) is 7.84. The van der Waals surface area contributed by atoms with E-state index >= 15 is 0 Å². The quantitative estimate of drug-likeness (QED) is 0.460. The van der Waals surface area contributed by atoms with Crippen LogP contribution in [0, 0.1) is 10.7 Å². The van der Waals surface area contributed by atoms with Crippen LogP contribution in [0.1, 0.15) is 0 Å². The summed E-state index contributed by atoms with van der Waals surface area (Å²) in [5, 5.41) is 0. The molecule has 0 radical (unpaired) electrons. The first-order valence-electron chi connectivity index (χ1n) is 2.86. The summed E-state index contributed by atoms with van der Waals surface area (Å²) in [5.74, 6) is 0. The number of imidazole rings is 1. The second kappa shape index (κ2) is 2.09. The summed E-state index contributed by atoms with van der Waals surface area (Å²) in [5.41, 5.74) is 0.822. The maximum Gasteiger partial charge on any atom is 0.289 e. The highest BCUT2D eigenvalue weighted by Crippen LogP contribution is 2.06. The van der Waals surface area contributed by atoms with E-state index in [1.165, 1.54) is 6.33 Å². The molecule has 0 spiro atoms. The molecular formula is C5H3FN4S. The predicted octanol–water partition coefficient (Wildman–Crippen LogP) is 1.15. The fraction of sp³-hybridized carbons (Fsp3) is 0. The molecule has 0 atom stereocenters. The molecule has 0 amide bonds. The van der Waals surface area contributed by atoms with Crippen LogP contribution in [0.3, 0.4) is 0 Å². The van der Waals surface area contributed by atoms with Gasteiger partial charge in [0.25, 0.3) is 6.08 Å². The Hall–Kier alpha value is -1.30. The van der Waals surface area contributed by atoms with E-state index in [0.717, 1.165) is 0 Å². The number of nitrogens with zero attached hydrogens (tertiary/aromatic N) is 2. The van der Waals surface area contributed by atoms with Crippen molar-refractivity contribution in [1.29, 1.82) is 0 Å². The van der Waals surface area contributed by atoms with E-state index in [4.69, 9.17) is 12.2 Å². The molecule has 0 bridgehead atoms. The lowest BCUT2D eigenvalue weighted by Gasteiger charge is -1.83. The lowest BCUT2D eigenvalue weighted by atomic mass is 10.6. The topological polar surface area (TPSA) is 57.4 Å². The summed E-state index contributed by atoms with van der Waals surface area (Å²) in [7, 11) is 0. The first-order chi connectivity index (χ1) is 5.27. The largest absolute Gasteiger partial charge is 0.329 e. The van der Waals surface area contributed by atoms with E-state index in [0.29, 0.717) is 15.8 Å². The number of hydrogen-bond donors (Lipinski definition) is 2. The summed E-state index contributed by atoms with van der Waals surface area (Å²) in [4.78, 5) is 12.2. The number of nitrogens with one attached hydrogen (secondary N) is 2. The third-order valence-electron chi connectivity index (χ3n) is 1.27. The molecule has 0 saturated carbocycles. The first kappa shape index (κ1) is 6.41. The molecule has 0 fully saturated rings. The molecule has 11 heavy (non-hydrogen) atoms. The zero-order valence-corrected chi connectivity index (χ0v) is 6.07. The van der Waals surface area contributed by atoms with Gasteiger partial charge >= 0.3 is 0 Å². The third-order valence-corrected chi connectivity index (χ3v) is 1.58. The average Bonchev–Trinajstić information content (AvgIpc) is 2.31. The molecule has 2 aromatic heterocycles. The van der Waals surface area contributed by atoms with E-state index < -0.39 is 6.08 Å². The summed E-state index contributed by atoms with van der Waals surface area (Å²) < 4.78 is 12.8. The van der Waals surface area contributed by atoms with Gasteiger partial charge in [-0.2, -0.15) is 9.37 Å². The normalized spacial score (nSPS) is 10.6. The molecule has 2 rings (SSSR count). The Morgan fingerprint density at radius 3 is 3.09 bits per heavy atom. The van der Waals surface area contributed by atoms with Crippen LogP contribution in [0.25, 0.3) is 11.2 Å². The van der Waals surface area contributed by atoms with E-state index in [1.807, 2.05) is 0 Å². The Labute approximate surface area is 65.5 Å². The van der Waals surface area contributed by atoms with E-state index in [2.05, 4.69) is 19.9 Å². The van der Waals surface area contributed by atoms with Gasteiger partial charge in [-0.3, -0.25) is 0 Å². The Balaban J connectivity index is 3.02. The van der Waals surface area contributed by atoms with Crippen LogP contribution < -0.4 is 0 Å². The van der Waals surface area contributed by atoms with Crippen molar-refractivity contribution in [2.45, 2.75) is 0 Å². The molecular weight excluding hydrogens is 167 g/mol. The van der Waals surface area contributed by atoms with Crippen molar-refractivity contribution in [3.8, 4) is 0 Å². The second-order valence-electron chi connectivity index (χ2n) is 1.96. The highest BCUT2D eigenvalue weighted by Gasteiger charge is 2.01. The van der Waals surface area contributed by atoms with Crippen molar-refractivity contribution in [3.63, 3.8) is 0 Å². The van der Waals surface area contributed by atoms with Crippen molar-refractivity contribution in [3.05, 3.63) is 17.0 Å². The predicted molar refractivity (Wildman–Crippen MR) is 39.0 cm³/mol. The molecule has 4 nitrogen and oxygen atoms in total. The second-order valence-corrected chi connectivity index (χ2v) is 2.35. The molecule has 0 aliphatic rings. The van der Waals surface area contributed by atoms with Gasteiger partial charge in [0.05, 0.1) is 6.33 Å². The maximum atomic E-state index is 12.4. The van der Waals surface area contributed by atoms with Gasteiger partial charge in [0.15, 0.2) is 10.3 Å². The molecule has 0 aromatic carbocycles. The third kappa shape index (κ3) is 0.911.